The Balaban J connectivity index is 2.71. The van der Waals surface area contributed by atoms with Crippen LogP contribution in [-0.2, 0) is 4.74 Å². The van der Waals surface area contributed by atoms with Crippen molar-refractivity contribution in [2.45, 2.75) is 64.8 Å². The topological polar surface area (TPSA) is 9.23 Å². The van der Waals surface area contributed by atoms with Crippen molar-refractivity contribution in [2.75, 3.05) is 0 Å². The molecule has 4 fully saturated rings. The first-order valence-electron chi connectivity index (χ1n) is 6.99. The average Bonchev–Trinajstić information content (AvgIpc) is 2.54. The average molecular weight is 444 g/mol. The molecule has 4 rings (SSSR count). The van der Waals surface area contributed by atoms with E-state index in [2.05, 4.69) is 11.3 Å². The van der Waals surface area contributed by atoms with Gasteiger partial charge in [-0.1, -0.05) is 6.58 Å². The molecule has 0 atom stereocenters. The van der Waals surface area contributed by atoms with E-state index in [9.17, 15) is 52.7 Å². The van der Waals surface area contributed by atoms with Crippen molar-refractivity contribution in [3.63, 3.8) is 0 Å². The van der Waals surface area contributed by atoms with E-state index < -0.39 is 71.1 Å². The largest absolute Gasteiger partial charge is 0.488 e. The van der Waals surface area contributed by atoms with Crippen molar-refractivity contribution in [2.24, 2.45) is 0 Å². The molecule has 0 radical (unpaired) electrons. The highest BCUT2D eigenvalue weighted by atomic mass is 19.3. The van der Waals surface area contributed by atoms with E-state index in [-0.39, 0.29) is 0 Å². The van der Waals surface area contributed by atoms with Crippen LogP contribution in [0.15, 0.2) is 12.8 Å². The smallest absolute Gasteiger partial charge is 0.339 e. The third kappa shape index (κ3) is 1.12. The molecule has 0 saturated heterocycles. The van der Waals surface area contributed by atoms with Gasteiger partial charge in [0.05, 0.1) is 6.26 Å². The maximum Gasteiger partial charge on any atom is 0.339 e. The Kier molecular flexibility index (Phi) is 3.19. The zero-order valence-electron chi connectivity index (χ0n) is 13.0. The molecule has 0 unspecified atom stereocenters. The lowest BCUT2D eigenvalue weighted by Crippen LogP contribution is -3.09. The van der Waals surface area contributed by atoms with Crippen molar-refractivity contribution in [1.82, 2.24) is 0 Å². The third-order valence-electron chi connectivity index (χ3n) is 5.96. The summed E-state index contributed by atoms with van der Waals surface area (Å²) in [4.78, 5) is 0. The number of alkyl halides is 14. The molecular weight excluding hydrogens is 438 g/mol. The molecule has 0 heterocycles. The van der Waals surface area contributed by atoms with Crippen molar-refractivity contribution in [1.29, 1.82) is 0 Å². The van der Waals surface area contributed by atoms with Gasteiger partial charge >= 0.3 is 41.0 Å². The van der Waals surface area contributed by atoms with Crippen molar-refractivity contribution in [3.8, 4) is 0 Å². The van der Waals surface area contributed by atoms with Crippen LogP contribution in [0, 0.1) is 0 Å². The fraction of sp³-hybridized carbons (Fsp3) is 0.846. The molecule has 0 aromatic heterocycles. The summed E-state index contributed by atoms with van der Waals surface area (Å²) < 4.78 is 205. The van der Waals surface area contributed by atoms with Gasteiger partial charge in [0.2, 0.25) is 0 Å². The van der Waals surface area contributed by atoms with E-state index in [1.54, 1.807) is 0 Å². The van der Waals surface area contributed by atoms with Crippen LogP contribution in [-0.4, -0.2) is 57.9 Å². The molecule has 28 heavy (non-hydrogen) atoms. The molecule has 4 aliphatic carbocycles. The van der Waals surface area contributed by atoms with Gasteiger partial charge in [-0.3, -0.25) is 0 Å². The zero-order valence-corrected chi connectivity index (χ0v) is 13.0. The summed E-state index contributed by atoms with van der Waals surface area (Å²) in [6.07, 6.45) is -0.517. The van der Waals surface area contributed by atoms with Crippen molar-refractivity contribution in [3.05, 3.63) is 12.8 Å². The number of hydrogen-bond acceptors (Lipinski definition) is 1. The zero-order chi connectivity index (χ0) is 22.4. The van der Waals surface area contributed by atoms with Crippen LogP contribution in [0.4, 0.5) is 61.5 Å². The molecule has 0 aromatic carbocycles. The van der Waals surface area contributed by atoms with Crippen LogP contribution in [0.5, 0.6) is 0 Å². The predicted octanol–water partition coefficient (Wildman–Crippen LogP) is 4.96. The van der Waals surface area contributed by atoms with E-state index in [0.29, 0.717) is 0 Å². The van der Waals surface area contributed by atoms with Crippen LogP contribution in [0.1, 0.15) is 6.92 Å². The predicted molar refractivity (Wildman–Crippen MR) is 59.8 cm³/mol. The van der Waals surface area contributed by atoms with Crippen LogP contribution < -0.4 is 0 Å². The van der Waals surface area contributed by atoms with Gasteiger partial charge in [-0.15, -0.1) is 0 Å². The van der Waals surface area contributed by atoms with Gasteiger partial charge in [0.25, 0.3) is 11.3 Å². The molecule has 0 aromatic rings. The molecule has 15 heteroatoms. The standard InChI is InChI=1S/C13H6F14O/c1-3-28-4(2)5(14)9(18,19)7(16)11(22,23)6(4,15)12(24,25)8(17,10(5,20)21)13(7,26)27/h3H,1H2,2H3. The van der Waals surface area contributed by atoms with Gasteiger partial charge in [-0.25, -0.2) is 17.6 Å². The van der Waals surface area contributed by atoms with Gasteiger partial charge in [0.15, 0.2) is 5.60 Å². The molecule has 0 N–H and O–H groups in total. The molecule has 162 valence electrons. The summed E-state index contributed by atoms with van der Waals surface area (Å²) in [5.41, 5.74) is -33.9. The second-order valence-electron chi connectivity index (χ2n) is 6.82. The molecule has 4 aliphatic rings. The highest BCUT2D eigenvalue weighted by molar-refractivity contribution is 5.55. The fourth-order valence-electron chi connectivity index (χ4n) is 4.53. The van der Waals surface area contributed by atoms with E-state index in [0.717, 1.165) is 0 Å². The van der Waals surface area contributed by atoms with Crippen molar-refractivity contribution < 1.29 is 66.2 Å². The van der Waals surface area contributed by atoms with Gasteiger partial charge in [0.1, 0.15) is 0 Å². The minimum Gasteiger partial charge on any atom is -0.488 e. The van der Waals surface area contributed by atoms with Gasteiger partial charge in [0, 0.05) is 0 Å². The summed E-state index contributed by atoms with van der Waals surface area (Å²) in [7, 11) is 0. The molecule has 1 nitrogen and oxygen atoms in total. The SMILES string of the molecule is C=COC1(C)C2(F)C(F)(F)C3(F)C(F)(F)C(F)(C2(F)F)C(F)(F)C1(F)C3(F)F. The van der Waals surface area contributed by atoms with Gasteiger partial charge in [-0.05, 0) is 6.92 Å². The summed E-state index contributed by atoms with van der Waals surface area (Å²) in [5.74, 6) is -37.0. The minimum absolute atomic E-state index is 0.517. The van der Waals surface area contributed by atoms with Crippen LogP contribution >= 0.6 is 0 Å². The lowest BCUT2D eigenvalue weighted by atomic mass is 9.37. The molecule has 4 saturated carbocycles. The van der Waals surface area contributed by atoms with Gasteiger partial charge in [-0.2, -0.15) is 43.9 Å². The van der Waals surface area contributed by atoms with Crippen LogP contribution in [0.3, 0.4) is 0 Å². The van der Waals surface area contributed by atoms with Crippen LogP contribution in [0.2, 0.25) is 0 Å². The fourth-order valence-corrected chi connectivity index (χ4v) is 4.53. The Morgan fingerprint density at radius 1 is 0.500 bits per heavy atom. The molecule has 4 bridgehead atoms. The second kappa shape index (κ2) is 4.20. The maximum absolute atomic E-state index is 15.0. The Bertz CT molecular complexity index is 683. The monoisotopic (exact) mass is 444 g/mol. The summed E-state index contributed by atoms with van der Waals surface area (Å²) >= 11 is 0. The Morgan fingerprint density at radius 2 is 0.714 bits per heavy atom. The molecule has 0 amide bonds. The van der Waals surface area contributed by atoms with E-state index >= 15 is 8.78 Å². The van der Waals surface area contributed by atoms with Crippen LogP contribution in [0.25, 0.3) is 0 Å². The highest BCUT2D eigenvalue weighted by Gasteiger charge is 3.22. The first kappa shape index (κ1) is 21.3. The molecular formula is C13H6F14O. The van der Waals surface area contributed by atoms with Gasteiger partial charge < -0.3 is 4.74 Å². The first-order valence-corrected chi connectivity index (χ1v) is 6.99. The number of ether oxygens (including phenoxy) is 1. The molecule has 0 aliphatic heterocycles. The van der Waals surface area contributed by atoms with E-state index in [4.69, 9.17) is 0 Å². The van der Waals surface area contributed by atoms with Crippen molar-refractivity contribution >= 4 is 0 Å². The first-order chi connectivity index (χ1) is 12.1. The number of hydrogen-bond donors (Lipinski definition) is 0. The van der Waals surface area contributed by atoms with E-state index in [1.165, 1.54) is 0 Å². The van der Waals surface area contributed by atoms with E-state index in [1.807, 2.05) is 0 Å². The summed E-state index contributed by atoms with van der Waals surface area (Å²) in [5, 5.41) is 0. The minimum atomic E-state index is -7.67. The number of halogens is 14. The highest BCUT2D eigenvalue weighted by Crippen LogP contribution is 2.88. The quantitative estimate of drug-likeness (QED) is 0.433. The lowest BCUT2D eigenvalue weighted by Gasteiger charge is -2.75. The second-order valence-corrected chi connectivity index (χ2v) is 6.82. The Labute approximate surface area is 145 Å². The summed E-state index contributed by atoms with van der Waals surface area (Å²) in [6, 6.07) is 0. The Hall–Kier alpha value is -1.44. The summed E-state index contributed by atoms with van der Waals surface area (Å²) in [6.45, 7) is 1.57. The molecule has 0 spiro atoms. The normalized spacial score (nSPS) is 53.7. The third-order valence-corrected chi connectivity index (χ3v) is 5.96. The number of rotatable bonds is 2. The maximum atomic E-state index is 15.0. The Morgan fingerprint density at radius 3 is 0.929 bits per heavy atom. The lowest BCUT2D eigenvalue weighted by molar-refractivity contribution is -0.599.